The lowest BCUT2D eigenvalue weighted by Gasteiger charge is -2.17. The van der Waals surface area contributed by atoms with Gasteiger partial charge in [0.2, 0.25) is 0 Å². The summed E-state index contributed by atoms with van der Waals surface area (Å²) in [6.45, 7) is 1.06. The smallest absolute Gasteiger partial charge is 0.356 e. The van der Waals surface area contributed by atoms with E-state index in [1.807, 2.05) is 10.6 Å². The fourth-order valence-corrected chi connectivity index (χ4v) is 2.48. The largest absolute Gasteiger partial charge is 0.484 e. The van der Waals surface area contributed by atoms with Gasteiger partial charge in [-0.1, -0.05) is 0 Å². The highest BCUT2D eigenvalue weighted by molar-refractivity contribution is 5.86. The van der Waals surface area contributed by atoms with E-state index >= 15 is 0 Å². The summed E-state index contributed by atoms with van der Waals surface area (Å²) >= 11 is 0. The van der Waals surface area contributed by atoms with Gasteiger partial charge in [-0.05, 0) is 31.4 Å². The summed E-state index contributed by atoms with van der Waals surface area (Å²) in [6, 6.07) is 3.60. The van der Waals surface area contributed by atoms with Gasteiger partial charge in [0.05, 0.1) is 11.9 Å². The first kappa shape index (κ1) is 12.7. The fraction of sp³-hybridized carbons (Fsp3) is 0.357. The molecule has 1 aliphatic heterocycles. The second-order valence-electron chi connectivity index (χ2n) is 4.71. The second kappa shape index (κ2) is 5.32. The van der Waals surface area contributed by atoms with E-state index in [-0.39, 0.29) is 12.3 Å². The van der Waals surface area contributed by atoms with E-state index in [9.17, 15) is 9.90 Å². The van der Waals surface area contributed by atoms with E-state index in [1.165, 1.54) is 0 Å². The Bertz CT molecular complexity index is 622. The number of hydrogen-bond acceptors (Lipinski definition) is 4. The molecule has 0 atom stereocenters. The van der Waals surface area contributed by atoms with Crippen LogP contribution in [0, 0.1) is 0 Å². The summed E-state index contributed by atoms with van der Waals surface area (Å²) in [5.41, 5.74) is 0.975. The predicted molar refractivity (Wildman–Crippen MR) is 70.7 cm³/mol. The van der Waals surface area contributed by atoms with Gasteiger partial charge in [0.25, 0.3) is 0 Å². The van der Waals surface area contributed by atoms with Gasteiger partial charge in [-0.2, -0.15) is 0 Å². The Morgan fingerprint density at radius 2 is 2.35 bits per heavy atom. The Balaban J connectivity index is 1.84. The molecule has 2 aromatic rings. The van der Waals surface area contributed by atoms with Crippen LogP contribution in [0.4, 0.5) is 0 Å². The number of carboxylic acids is 1. The number of aromatic carboxylic acids is 1. The predicted octanol–water partition coefficient (Wildman–Crippen LogP) is 1.89. The molecule has 3 heterocycles. The summed E-state index contributed by atoms with van der Waals surface area (Å²) < 4.78 is 7.59. The quantitative estimate of drug-likeness (QED) is 0.920. The van der Waals surface area contributed by atoms with Crippen LogP contribution in [0.1, 0.15) is 34.8 Å². The molecule has 0 aromatic carbocycles. The zero-order chi connectivity index (χ0) is 13.9. The zero-order valence-electron chi connectivity index (χ0n) is 11.0. The molecule has 0 amide bonds. The molecule has 0 saturated heterocycles. The molecule has 0 saturated carbocycles. The van der Waals surface area contributed by atoms with E-state index in [2.05, 4.69) is 9.97 Å². The molecule has 6 nitrogen and oxygen atoms in total. The van der Waals surface area contributed by atoms with Crippen molar-refractivity contribution in [2.24, 2.45) is 0 Å². The van der Waals surface area contributed by atoms with Crippen molar-refractivity contribution in [1.82, 2.24) is 14.5 Å². The van der Waals surface area contributed by atoms with Crippen LogP contribution in [0.15, 0.2) is 24.5 Å². The summed E-state index contributed by atoms with van der Waals surface area (Å²) in [7, 11) is 0. The maximum atomic E-state index is 11.2. The number of pyridine rings is 1. The van der Waals surface area contributed by atoms with Gasteiger partial charge in [0, 0.05) is 12.7 Å². The van der Waals surface area contributed by atoms with Gasteiger partial charge in [-0.3, -0.25) is 4.98 Å². The standard InChI is InChI=1S/C14H15N3O3/c18-14(19)13-11-5-1-2-7-17(11)12(16-13)9-20-10-4-3-6-15-8-10/h3-4,6,8H,1-2,5,7,9H2,(H,18,19). The van der Waals surface area contributed by atoms with Gasteiger partial charge in [0.1, 0.15) is 18.2 Å². The van der Waals surface area contributed by atoms with Crippen LogP contribution in [0.2, 0.25) is 0 Å². The molecule has 104 valence electrons. The average molecular weight is 273 g/mol. The molecule has 1 N–H and O–H groups in total. The van der Waals surface area contributed by atoms with Crippen LogP contribution in [-0.2, 0) is 19.6 Å². The van der Waals surface area contributed by atoms with Crippen molar-refractivity contribution >= 4 is 5.97 Å². The number of nitrogens with zero attached hydrogens (tertiary/aromatic N) is 3. The van der Waals surface area contributed by atoms with Crippen LogP contribution in [0.25, 0.3) is 0 Å². The number of rotatable bonds is 4. The van der Waals surface area contributed by atoms with E-state index < -0.39 is 5.97 Å². The number of imidazole rings is 1. The van der Waals surface area contributed by atoms with E-state index in [1.54, 1.807) is 18.5 Å². The lowest BCUT2D eigenvalue weighted by molar-refractivity contribution is 0.0689. The molecule has 1 aliphatic rings. The van der Waals surface area contributed by atoms with Crippen LogP contribution < -0.4 is 4.74 Å². The summed E-state index contributed by atoms with van der Waals surface area (Å²) in [5, 5.41) is 9.21. The topological polar surface area (TPSA) is 77.2 Å². The minimum absolute atomic E-state index is 0.162. The first-order valence-electron chi connectivity index (χ1n) is 6.60. The molecule has 6 heteroatoms. The SMILES string of the molecule is O=C(O)c1nc(COc2cccnc2)n2c1CCCC2. The molecule has 2 aromatic heterocycles. The first-order valence-corrected chi connectivity index (χ1v) is 6.60. The fourth-order valence-electron chi connectivity index (χ4n) is 2.48. The van der Waals surface area contributed by atoms with E-state index in [0.717, 1.165) is 31.5 Å². The number of aromatic nitrogens is 3. The minimum atomic E-state index is -0.969. The molecule has 0 unspecified atom stereocenters. The highest BCUT2D eigenvalue weighted by atomic mass is 16.5. The highest BCUT2D eigenvalue weighted by Crippen LogP contribution is 2.22. The third-order valence-electron chi connectivity index (χ3n) is 3.40. The summed E-state index contributed by atoms with van der Waals surface area (Å²) in [4.78, 5) is 19.4. The Kier molecular flexibility index (Phi) is 3.37. The minimum Gasteiger partial charge on any atom is -0.484 e. The van der Waals surface area contributed by atoms with Gasteiger partial charge in [0.15, 0.2) is 5.69 Å². The highest BCUT2D eigenvalue weighted by Gasteiger charge is 2.23. The summed E-state index contributed by atoms with van der Waals surface area (Å²) in [5.74, 6) is 0.349. The molecule has 0 spiro atoms. The Labute approximate surface area is 116 Å². The first-order chi connectivity index (χ1) is 9.75. The second-order valence-corrected chi connectivity index (χ2v) is 4.71. The van der Waals surface area contributed by atoms with Crippen molar-refractivity contribution in [3.8, 4) is 5.75 Å². The molecule has 3 rings (SSSR count). The van der Waals surface area contributed by atoms with Crippen molar-refractivity contribution in [2.45, 2.75) is 32.4 Å². The van der Waals surface area contributed by atoms with Crippen molar-refractivity contribution in [3.63, 3.8) is 0 Å². The Morgan fingerprint density at radius 1 is 1.45 bits per heavy atom. The van der Waals surface area contributed by atoms with Crippen LogP contribution >= 0.6 is 0 Å². The van der Waals surface area contributed by atoms with Crippen molar-refractivity contribution < 1.29 is 14.6 Å². The van der Waals surface area contributed by atoms with Gasteiger partial charge >= 0.3 is 5.97 Å². The lowest BCUT2D eigenvalue weighted by Crippen LogP contribution is -2.15. The number of hydrogen-bond donors (Lipinski definition) is 1. The van der Waals surface area contributed by atoms with Crippen LogP contribution in [-0.4, -0.2) is 25.6 Å². The normalized spacial score (nSPS) is 13.8. The third kappa shape index (κ3) is 2.36. The van der Waals surface area contributed by atoms with Crippen LogP contribution in [0.3, 0.4) is 0 Å². The number of fused-ring (bicyclic) bond motifs is 1. The number of ether oxygens (including phenoxy) is 1. The monoisotopic (exact) mass is 273 g/mol. The molecule has 20 heavy (non-hydrogen) atoms. The van der Waals surface area contributed by atoms with Gasteiger partial charge < -0.3 is 14.4 Å². The molecule has 0 bridgehead atoms. The number of carbonyl (C=O) groups is 1. The summed E-state index contributed by atoms with van der Waals surface area (Å²) in [6.07, 6.45) is 6.11. The third-order valence-corrected chi connectivity index (χ3v) is 3.40. The van der Waals surface area contributed by atoms with Crippen LogP contribution in [0.5, 0.6) is 5.75 Å². The molecule has 0 aliphatic carbocycles. The van der Waals surface area contributed by atoms with Gasteiger partial charge in [-0.15, -0.1) is 0 Å². The van der Waals surface area contributed by atoms with E-state index in [0.29, 0.717) is 11.6 Å². The molecule has 0 fully saturated rings. The lowest BCUT2D eigenvalue weighted by atomic mass is 10.1. The average Bonchev–Trinajstić information content (AvgIpc) is 2.85. The zero-order valence-corrected chi connectivity index (χ0v) is 11.0. The molecular weight excluding hydrogens is 258 g/mol. The molecule has 0 radical (unpaired) electrons. The molecular formula is C14H15N3O3. The number of carboxylic acid groups (broad SMARTS) is 1. The van der Waals surface area contributed by atoms with Gasteiger partial charge in [-0.25, -0.2) is 9.78 Å². The Hall–Kier alpha value is -2.37. The maximum absolute atomic E-state index is 11.2. The Morgan fingerprint density at radius 3 is 3.10 bits per heavy atom. The van der Waals surface area contributed by atoms with Crippen molar-refractivity contribution in [1.29, 1.82) is 0 Å². The maximum Gasteiger partial charge on any atom is 0.356 e. The van der Waals surface area contributed by atoms with E-state index in [4.69, 9.17) is 4.74 Å². The van der Waals surface area contributed by atoms with Crippen molar-refractivity contribution in [2.75, 3.05) is 0 Å². The van der Waals surface area contributed by atoms with Crippen molar-refractivity contribution in [3.05, 3.63) is 41.7 Å².